The molecule has 1 aromatic heterocycles. The van der Waals surface area contributed by atoms with Crippen molar-refractivity contribution < 1.29 is 19.4 Å². The van der Waals surface area contributed by atoms with Gasteiger partial charge in [-0.3, -0.25) is 4.79 Å². The number of carboxylic acids is 1. The topological polar surface area (TPSA) is 112 Å². The van der Waals surface area contributed by atoms with Gasteiger partial charge in [0.15, 0.2) is 0 Å². The minimum absolute atomic E-state index is 0.113. The predicted octanol–water partition coefficient (Wildman–Crippen LogP) is 3.41. The first kappa shape index (κ1) is 22.1. The van der Waals surface area contributed by atoms with Gasteiger partial charge >= 0.3 is 11.9 Å². The van der Waals surface area contributed by atoms with Gasteiger partial charge in [-0.1, -0.05) is 24.6 Å². The number of pyridine rings is 1. The summed E-state index contributed by atoms with van der Waals surface area (Å²) in [5.74, 6) is -1.79. The number of hydrogen-bond donors (Lipinski definition) is 2. The largest absolute Gasteiger partial charge is 0.480 e. The van der Waals surface area contributed by atoms with Crippen molar-refractivity contribution in [1.82, 2.24) is 4.57 Å². The molecule has 0 radical (unpaired) electrons. The molecule has 30 heavy (non-hydrogen) atoms. The van der Waals surface area contributed by atoms with E-state index in [1.54, 1.807) is 26.0 Å². The van der Waals surface area contributed by atoms with Gasteiger partial charge in [0, 0.05) is 28.4 Å². The summed E-state index contributed by atoms with van der Waals surface area (Å²) in [7, 11) is 0. The van der Waals surface area contributed by atoms with Gasteiger partial charge in [0.25, 0.3) is 5.56 Å². The summed E-state index contributed by atoms with van der Waals surface area (Å²) in [4.78, 5) is 37.2. The fourth-order valence-electron chi connectivity index (χ4n) is 3.55. The molecule has 0 aliphatic heterocycles. The quantitative estimate of drug-likeness (QED) is 0.618. The predicted molar refractivity (Wildman–Crippen MR) is 114 cm³/mol. The Hall–Kier alpha value is -2.64. The summed E-state index contributed by atoms with van der Waals surface area (Å²) in [6.45, 7) is 3.48. The summed E-state index contributed by atoms with van der Waals surface area (Å²) in [6.07, 6.45) is 3.85. The monoisotopic (exact) mass is 432 g/mol. The fourth-order valence-corrected chi connectivity index (χ4v) is 3.72. The van der Waals surface area contributed by atoms with Crippen molar-refractivity contribution in [1.29, 1.82) is 0 Å². The molecule has 1 saturated carbocycles. The van der Waals surface area contributed by atoms with Crippen molar-refractivity contribution in [3.8, 4) is 11.1 Å². The van der Waals surface area contributed by atoms with E-state index in [0.717, 1.165) is 23.0 Å². The van der Waals surface area contributed by atoms with Gasteiger partial charge in [0.1, 0.15) is 6.04 Å². The molecule has 0 amide bonds. The van der Waals surface area contributed by atoms with E-state index in [1.807, 2.05) is 6.07 Å². The number of benzene rings is 1. The number of carboxylic acid groups (broad SMARTS) is 1. The maximum absolute atomic E-state index is 12.8. The van der Waals surface area contributed by atoms with Crippen LogP contribution in [-0.4, -0.2) is 33.8 Å². The molecule has 1 aliphatic carbocycles. The zero-order valence-corrected chi connectivity index (χ0v) is 17.7. The third-order valence-electron chi connectivity index (χ3n) is 5.38. The highest BCUT2D eigenvalue weighted by atomic mass is 35.5. The van der Waals surface area contributed by atoms with Crippen LogP contribution in [0.3, 0.4) is 0 Å². The van der Waals surface area contributed by atoms with Crippen LogP contribution in [0.5, 0.6) is 0 Å². The van der Waals surface area contributed by atoms with Gasteiger partial charge < -0.3 is 20.1 Å². The lowest BCUT2D eigenvalue weighted by Crippen LogP contribution is -2.30. The van der Waals surface area contributed by atoms with Crippen LogP contribution in [0.2, 0.25) is 5.02 Å². The molecule has 3 rings (SSSR count). The second kappa shape index (κ2) is 8.62. The van der Waals surface area contributed by atoms with Crippen LogP contribution in [0.1, 0.15) is 55.1 Å². The van der Waals surface area contributed by atoms with Crippen LogP contribution in [0.25, 0.3) is 11.1 Å². The molecule has 1 aromatic carbocycles. The minimum Gasteiger partial charge on any atom is -0.480 e. The molecule has 0 spiro atoms. The Morgan fingerprint density at radius 3 is 2.53 bits per heavy atom. The van der Waals surface area contributed by atoms with Crippen molar-refractivity contribution >= 4 is 23.5 Å². The SMILES string of the molecule is CCOC(=O)c1cn(C(CC)C(=O)O)c(=O)cc1-c1cc(Cl)ccc1CC1(N)CC1. The van der Waals surface area contributed by atoms with Crippen molar-refractivity contribution in [3.63, 3.8) is 0 Å². The average Bonchev–Trinajstić information content (AvgIpc) is 3.41. The standard InChI is InChI=1S/C22H25ClN2O5/c1-3-18(20(27)28)25-12-17(21(29)30-4-2)16(10-19(25)26)15-9-14(23)6-5-13(15)11-22(24)7-8-22/h5-6,9-10,12,18H,3-4,7-8,11,24H2,1-2H3,(H,27,28). The molecule has 1 aliphatic rings. The molecule has 1 unspecified atom stereocenters. The maximum Gasteiger partial charge on any atom is 0.340 e. The molecule has 1 fully saturated rings. The second-order valence-electron chi connectivity index (χ2n) is 7.67. The summed E-state index contributed by atoms with van der Waals surface area (Å²) < 4.78 is 6.25. The molecule has 8 heteroatoms. The van der Waals surface area contributed by atoms with Crippen molar-refractivity contribution in [2.45, 2.75) is 51.1 Å². The maximum atomic E-state index is 12.8. The Balaban J connectivity index is 2.23. The Labute approximate surface area is 179 Å². The molecule has 2 aromatic rings. The van der Waals surface area contributed by atoms with Crippen LogP contribution >= 0.6 is 11.6 Å². The average molecular weight is 433 g/mol. The van der Waals surface area contributed by atoms with Crippen molar-refractivity contribution in [2.75, 3.05) is 6.61 Å². The Morgan fingerprint density at radius 2 is 1.97 bits per heavy atom. The Kier molecular flexibility index (Phi) is 6.33. The Bertz CT molecular complexity index is 1040. The highest BCUT2D eigenvalue weighted by molar-refractivity contribution is 6.31. The van der Waals surface area contributed by atoms with Gasteiger partial charge in [-0.05, 0) is 55.9 Å². The first-order chi connectivity index (χ1) is 14.2. The number of nitrogens with two attached hydrogens (primary N) is 1. The number of ether oxygens (including phenoxy) is 1. The number of hydrogen-bond acceptors (Lipinski definition) is 5. The number of nitrogens with zero attached hydrogens (tertiary/aromatic N) is 1. The highest BCUT2D eigenvalue weighted by Gasteiger charge is 2.38. The van der Waals surface area contributed by atoms with Crippen LogP contribution in [0.4, 0.5) is 0 Å². The highest BCUT2D eigenvalue weighted by Crippen LogP contribution is 2.39. The lowest BCUT2D eigenvalue weighted by Gasteiger charge is -2.19. The number of carbonyl (C=O) groups excluding carboxylic acids is 1. The third kappa shape index (κ3) is 4.57. The lowest BCUT2D eigenvalue weighted by molar-refractivity contribution is -0.141. The molecule has 0 bridgehead atoms. The number of esters is 1. The van der Waals surface area contributed by atoms with Gasteiger partial charge in [-0.2, -0.15) is 0 Å². The molecule has 3 N–H and O–H groups in total. The number of rotatable bonds is 8. The molecule has 0 saturated heterocycles. The second-order valence-corrected chi connectivity index (χ2v) is 8.11. The van der Waals surface area contributed by atoms with Crippen molar-refractivity contribution in [2.24, 2.45) is 5.73 Å². The summed E-state index contributed by atoms with van der Waals surface area (Å²) in [6, 6.07) is 5.48. The first-order valence-electron chi connectivity index (χ1n) is 9.93. The van der Waals surface area contributed by atoms with E-state index >= 15 is 0 Å². The number of halogens is 1. The minimum atomic E-state index is -1.15. The summed E-state index contributed by atoms with van der Waals surface area (Å²) in [5.41, 5.74) is 7.44. The van der Waals surface area contributed by atoms with E-state index in [1.165, 1.54) is 12.3 Å². The molecule has 1 heterocycles. The smallest absolute Gasteiger partial charge is 0.340 e. The van der Waals surface area contributed by atoms with E-state index in [9.17, 15) is 19.5 Å². The summed E-state index contributed by atoms with van der Waals surface area (Å²) >= 11 is 6.22. The third-order valence-corrected chi connectivity index (χ3v) is 5.62. The zero-order valence-electron chi connectivity index (χ0n) is 17.0. The van der Waals surface area contributed by atoms with Crippen molar-refractivity contribution in [3.05, 3.63) is 57.0 Å². The molecular formula is C22H25ClN2O5. The van der Waals surface area contributed by atoms with Crippen LogP contribution < -0.4 is 11.3 Å². The van der Waals surface area contributed by atoms with E-state index in [2.05, 4.69) is 0 Å². The van der Waals surface area contributed by atoms with Crippen LogP contribution in [0.15, 0.2) is 35.3 Å². The lowest BCUT2D eigenvalue weighted by atomic mass is 9.92. The van der Waals surface area contributed by atoms with Crippen LogP contribution in [0, 0.1) is 0 Å². The van der Waals surface area contributed by atoms with E-state index in [4.69, 9.17) is 22.1 Å². The molecule has 160 valence electrons. The normalized spacial score (nSPS) is 15.5. The first-order valence-corrected chi connectivity index (χ1v) is 10.3. The summed E-state index contributed by atoms with van der Waals surface area (Å²) in [5, 5.41) is 9.93. The zero-order chi connectivity index (χ0) is 22.1. The van der Waals surface area contributed by atoms with Gasteiger partial charge in [0.05, 0.1) is 12.2 Å². The van der Waals surface area contributed by atoms with Gasteiger partial charge in [0.2, 0.25) is 0 Å². The molecular weight excluding hydrogens is 408 g/mol. The molecule has 7 nitrogen and oxygen atoms in total. The van der Waals surface area contributed by atoms with E-state index in [-0.39, 0.29) is 24.1 Å². The van der Waals surface area contributed by atoms with E-state index in [0.29, 0.717) is 22.6 Å². The Morgan fingerprint density at radius 1 is 1.27 bits per heavy atom. The van der Waals surface area contributed by atoms with Crippen LogP contribution in [-0.2, 0) is 16.0 Å². The number of aliphatic carboxylic acids is 1. The van der Waals surface area contributed by atoms with Gasteiger partial charge in [-0.25, -0.2) is 9.59 Å². The number of aromatic nitrogens is 1. The van der Waals surface area contributed by atoms with Gasteiger partial charge in [-0.15, -0.1) is 0 Å². The fraction of sp³-hybridized carbons (Fsp3) is 0.409. The number of carbonyl (C=O) groups is 2. The van der Waals surface area contributed by atoms with E-state index < -0.39 is 23.5 Å². The molecule has 1 atom stereocenters.